The van der Waals surface area contributed by atoms with Gasteiger partial charge < -0.3 is 14.8 Å². The monoisotopic (exact) mass is 482 g/mol. The van der Waals surface area contributed by atoms with Crippen molar-refractivity contribution in [1.82, 2.24) is 14.8 Å². The molecule has 1 aliphatic heterocycles. The molecule has 1 aromatic heterocycles. The molecule has 0 fully saturated rings. The second-order valence-corrected chi connectivity index (χ2v) is 9.17. The molecule has 1 N–H and O–H groups in total. The number of halogens is 1. The normalized spacial score (nSPS) is 17.3. The summed E-state index contributed by atoms with van der Waals surface area (Å²) in [6.07, 6.45) is 2.12. The molecule has 2 aliphatic rings. The molecule has 0 bridgehead atoms. The highest BCUT2D eigenvalue weighted by atomic mass is 35.5. The molecule has 7 nitrogen and oxygen atoms in total. The fourth-order valence-corrected chi connectivity index (χ4v) is 5.49. The lowest BCUT2D eigenvalue weighted by atomic mass is 9.85. The number of anilines is 1. The molecule has 0 amide bonds. The molecular formula is C24H23ClN4O3S. The number of hydrogen-bond acceptors (Lipinski definition) is 7. The van der Waals surface area contributed by atoms with E-state index in [9.17, 15) is 4.79 Å². The highest BCUT2D eigenvalue weighted by Gasteiger charge is 2.38. The summed E-state index contributed by atoms with van der Waals surface area (Å²) < 4.78 is 13.0. The first-order chi connectivity index (χ1) is 16.1. The van der Waals surface area contributed by atoms with Gasteiger partial charge in [-0.3, -0.25) is 4.79 Å². The van der Waals surface area contributed by atoms with Gasteiger partial charge in [-0.1, -0.05) is 53.7 Å². The van der Waals surface area contributed by atoms with E-state index in [1.165, 1.54) is 11.8 Å². The third-order valence-electron chi connectivity index (χ3n) is 5.89. The Balaban J connectivity index is 1.57. The minimum Gasteiger partial charge on any atom is -0.493 e. The number of Topliss-reactive ketones (excluding diaryl/α,β-unsaturated/α-hetero) is 1. The topological polar surface area (TPSA) is 78.3 Å². The van der Waals surface area contributed by atoms with Crippen LogP contribution in [0.1, 0.15) is 36.4 Å². The van der Waals surface area contributed by atoms with Crippen molar-refractivity contribution >= 4 is 35.1 Å². The smallest absolute Gasteiger partial charge is 0.227 e. The zero-order valence-electron chi connectivity index (χ0n) is 18.3. The summed E-state index contributed by atoms with van der Waals surface area (Å²) in [5.41, 5.74) is 3.45. The number of nitrogens with one attached hydrogen (secondary N) is 1. The van der Waals surface area contributed by atoms with E-state index in [1.807, 2.05) is 42.5 Å². The molecule has 0 spiro atoms. The van der Waals surface area contributed by atoms with E-state index in [0.29, 0.717) is 45.4 Å². The second kappa shape index (κ2) is 9.11. The van der Waals surface area contributed by atoms with Crippen molar-refractivity contribution in [1.29, 1.82) is 0 Å². The number of ketones is 1. The first kappa shape index (κ1) is 21.9. The lowest BCUT2D eigenvalue weighted by Gasteiger charge is -2.32. The van der Waals surface area contributed by atoms with Crippen LogP contribution in [0, 0.1) is 0 Å². The van der Waals surface area contributed by atoms with Gasteiger partial charge in [0.2, 0.25) is 11.1 Å². The maximum absolute atomic E-state index is 13.1. The number of thioether (sulfide) groups is 1. The van der Waals surface area contributed by atoms with E-state index in [1.54, 1.807) is 18.9 Å². The third-order valence-corrected chi connectivity index (χ3v) is 7.15. The molecule has 2 heterocycles. The fraction of sp³-hybridized carbons (Fsp3) is 0.292. The number of ether oxygens (including phenoxy) is 2. The first-order valence-corrected chi connectivity index (χ1v) is 12.0. The number of para-hydroxylation sites is 1. The Hall–Kier alpha value is -2.97. The summed E-state index contributed by atoms with van der Waals surface area (Å²) in [4.78, 5) is 17.8. The molecule has 9 heteroatoms. The van der Waals surface area contributed by atoms with Crippen LogP contribution < -0.4 is 14.8 Å². The van der Waals surface area contributed by atoms with Crippen molar-refractivity contribution in [2.75, 3.05) is 19.5 Å². The van der Waals surface area contributed by atoms with E-state index in [0.717, 1.165) is 29.7 Å². The van der Waals surface area contributed by atoms with Gasteiger partial charge in [0.25, 0.3) is 0 Å². The van der Waals surface area contributed by atoms with Crippen LogP contribution in [0.15, 0.2) is 58.9 Å². The zero-order valence-corrected chi connectivity index (χ0v) is 19.9. The number of rotatable bonds is 6. The van der Waals surface area contributed by atoms with Gasteiger partial charge in [0.1, 0.15) is 6.04 Å². The lowest BCUT2D eigenvalue weighted by Crippen LogP contribution is -2.31. The van der Waals surface area contributed by atoms with Gasteiger partial charge in [0, 0.05) is 34.0 Å². The van der Waals surface area contributed by atoms with Gasteiger partial charge in [-0.15, -0.1) is 5.10 Å². The molecule has 0 radical (unpaired) electrons. The summed E-state index contributed by atoms with van der Waals surface area (Å²) in [6.45, 7) is 0. The number of aromatic nitrogens is 3. The number of hydrogen-bond donors (Lipinski definition) is 1. The largest absolute Gasteiger partial charge is 0.493 e. The minimum atomic E-state index is -0.448. The van der Waals surface area contributed by atoms with Crippen LogP contribution in [0.2, 0.25) is 5.02 Å². The molecule has 1 aliphatic carbocycles. The lowest BCUT2D eigenvalue weighted by molar-refractivity contribution is -0.116. The van der Waals surface area contributed by atoms with Crippen molar-refractivity contribution in [2.24, 2.45) is 0 Å². The molecule has 170 valence electrons. The number of fused-ring (bicyclic) bond motifs is 1. The Bertz CT molecular complexity index is 1260. The average molecular weight is 483 g/mol. The number of allylic oxidation sites excluding steroid dienone is 2. The van der Waals surface area contributed by atoms with Crippen LogP contribution in [0.3, 0.4) is 0 Å². The quantitative estimate of drug-likeness (QED) is 0.480. The number of carbonyl (C=O) groups excluding carboxylic acids is 1. The Kier molecular flexibility index (Phi) is 6.03. The first-order valence-electron chi connectivity index (χ1n) is 10.7. The van der Waals surface area contributed by atoms with Gasteiger partial charge in [-0.25, -0.2) is 4.68 Å². The van der Waals surface area contributed by atoms with E-state index in [-0.39, 0.29) is 5.78 Å². The Morgan fingerprint density at radius 1 is 1.15 bits per heavy atom. The molecule has 2 aromatic carbocycles. The van der Waals surface area contributed by atoms with Gasteiger partial charge in [0.15, 0.2) is 17.3 Å². The van der Waals surface area contributed by atoms with Crippen molar-refractivity contribution in [3.8, 4) is 11.5 Å². The summed E-state index contributed by atoms with van der Waals surface area (Å²) >= 11 is 7.82. The number of methoxy groups -OCH3 is 2. The predicted molar refractivity (Wildman–Crippen MR) is 128 cm³/mol. The summed E-state index contributed by atoms with van der Waals surface area (Å²) in [5.74, 6) is 2.56. The Morgan fingerprint density at radius 2 is 2.00 bits per heavy atom. The average Bonchev–Trinajstić information content (AvgIpc) is 3.24. The van der Waals surface area contributed by atoms with Gasteiger partial charge >= 0.3 is 0 Å². The van der Waals surface area contributed by atoms with Crippen LogP contribution in [0.25, 0.3) is 0 Å². The van der Waals surface area contributed by atoms with E-state index in [2.05, 4.69) is 5.32 Å². The van der Waals surface area contributed by atoms with Gasteiger partial charge in [-0.2, -0.15) is 4.98 Å². The van der Waals surface area contributed by atoms with E-state index >= 15 is 0 Å². The number of benzene rings is 2. The van der Waals surface area contributed by atoms with Crippen molar-refractivity contribution in [3.63, 3.8) is 0 Å². The standard InChI is InChI=1S/C24H23ClN4O3S/c1-31-19-12-5-8-15(22(19)32-2)21-20-17(10-6-11-18(20)30)26-23-27-24(28-29(21)23)33-13-14-7-3-4-9-16(14)25/h3-5,7-9,12,21H,6,10-11,13H2,1-2H3,(H,26,27,28). The highest BCUT2D eigenvalue weighted by molar-refractivity contribution is 7.98. The molecule has 33 heavy (non-hydrogen) atoms. The summed E-state index contributed by atoms with van der Waals surface area (Å²) in [6, 6.07) is 13.0. The Labute approximate surface area is 201 Å². The number of carbonyl (C=O) groups is 1. The Morgan fingerprint density at radius 3 is 2.79 bits per heavy atom. The van der Waals surface area contributed by atoms with Crippen molar-refractivity contribution in [2.45, 2.75) is 36.2 Å². The number of nitrogens with zero attached hydrogens (tertiary/aromatic N) is 3. The van der Waals surface area contributed by atoms with Crippen molar-refractivity contribution < 1.29 is 14.3 Å². The minimum absolute atomic E-state index is 0.116. The molecule has 0 saturated carbocycles. The van der Waals surface area contributed by atoms with Crippen LogP contribution in [0.4, 0.5) is 5.95 Å². The summed E-state index contributed by atoms with van der Waals surface area (Å²) in [7, 11) is 3.21. The fourth-order valence-electron chi connectivity index (χ4n) is 4.37. The van der Waals surface area contributed by atoms with E-state index in [4.69, 9.17) is 31.2 Å². The third kappa shape index (κ3) is 3.98. The van der Waals surface area contributed by atoms with Crippen LogP contribution in [-0.4, -0.2) is 34.8 Å². The molecule has 5 rings (SSSR count). The maximum atomic E-state index is 13.1. The van der Waals surface area contributed by atoms with Crippen LogP contribution in [-0.2, 0) is 10.5 Å². The molecule has 1 unspecified atom stereocenters. The SMILES string of the molecule is COc1cccc(C2C3=C(CCCC3=O)Nc3nc(SCc4ccccc4Cl)nn32)c1OC. The summed E-state index contributed by atoms with van der Waals surface area (Å²) in [5, 5.41) is 9.48. The van der Waals surface area contributed by atoms with Crippen molar-refractivity contribution in [3.05, 3.63) is 69.9 Å². The maximum Gasteiger partial charge on any atom is 0.227 e. The zero-order chi connectivity index (χ0) is 22.9. The molecular weight excluding hydrogens is 460 g/mol. The molecule has 3 aromatic rings. The molecule has 1 atom stereocenters. The van der Waals surface area contributed by atoms with E-state index < -0.39 is 6.04 Å². The molecule has 0 saturated heterocycles. The highest BCUT2D eigenvalue weighted by Crippen LogP contribution is 2.45. The predicted octanol–water partition coefficient (Wildman–Crippen LogP) is 5.26. The van der Waals surface area contributed by atoms with Crippen LogP contribution >= 0.6 is 23.4 Å². The second-order valence-electron chi connectivity index (χ2n) is 7.82. The van der Waals surface area contributed by atoms with Gasteiger partial charge in [-0.05, 0) is 30.5 Å². The van der Waals surface area contributed by atoms with Gasteiger partial charge in [0.05, 0.1) is 14.2 Å². The van der Waals surface area contributed by atoms with Crippen LogP contribution in [0.5, 0.6) is 11.5 Å².